The second kappa shape index (κ2) is 18.6. The second-order valence-corrected chi connectivity index (χ2v) is 11.1. The molecular weight excluding hydrogens is 617 g/mol. The van der Waals surface area contributed by atoms with Crippen molar-refractivity contribution in [2.75, 3.05) is 53.1 Å². The summed E-state index contributed by atoms with van der Waals surface area (Å²) in [6, 6.07) is 15.5. The zero-order valence-corrected chi connectivity index (χ0v) is 26.5. The summed E-state index contributed by atoms with van der Waals surface area (Å²) in [5.74, 6) is -1.66. The summed E-state index contributed by atoms with van der Waals surface area (Å²) < 4.78 is 55.0. The summed E-state index contributed by atoms with van der Waals surface area (Å²) in [6.45, 7) is 1.68. The largest absolute Gasteiger partial charge is 0.550 e. The van der Waals surface area contributed by atoms with E-state index in [0.29, 0.717) is 31.9 Å². The Morgan fingerprint density at radius 1 is 1.04 bits per heavy atom. The number of ether oxygens (including phenoxy) is 2. The SMILES string of the molecule is CNC(CC(F)(F)F)(c1ccccc1)N(CC1=CC(=O)CC(N)=N1)C(CCC(=O)[O-])C(NCCOCCOCCN)c1ccccc1. The molecule has 0 aliphatic carbocycles. The summed E-state index contributed by atoms with van der Waals surface area (Å²) in [7, 11) is 1.42. The average molecular weight is 662 g/mol. The first kappa shape index (κ1) is 37.8. The number of carbonyl (C=O) groups is 2. The maximum atomic E-state index is 14.7. The van der Waals surface area contributed by atoms with Gasteiger partial charge < -0.3 is 36.2 Å². The number of rotatable bonds is 21. The molecule has 11 nitrogen and oxygen atoms in total. The van der Waals surface area contributed by atoms with Crippen molar-refractivity contribution in [3.05, 3.63) is 83.6 Å². The monoisotopic (exact) mass is 661 g/mol. The van der Waals surface area contributed by atoms with Crippen LogP contribution in [0.4, 0.5) is 13.2 Å². The highest BCUT2D eigenvalue weighted by Gasteiger charge is 2.50. The Morgan fingerprint density at radius 3 is 2.26 bits per heavy atom. The maximum absolute atomic E-state index is 14.7. The number of alkyl halides is 3. The standard InChI is InChI=1S/C33H45F3N6O5/c1-39-32(23-33(34,35)36,25-10-6-3-7-11-25)42(22-26-20-27(43)21-29(38)41-26)28(12-13-30(44)45)31(24-8-4-2-5-9-24)40-15-17-47-19-18-46-16-14-37/h2-11,20,28,31,39-40H,12-19,21-23,37H2,1H3,(H2,38,41)(H,44,45)/p-1. The Hall–Kier alpha value is -3.66. The van der Waals surface area contributed by atoms with Crippen molar-refractivity contribution in [3.63, 3.8) is 0 Å². The van der Waals surface area contributed by atoms with E-state index in [1.54, 1.807) is 53.4 Å². The first-order chi connectivity index (χ1) is 22.5. The minimum atomic E-state index is -4.68. The Labute approximate surface area is 273 Å². The number of amidine groups is 1. The van der Waals surface area contributed by atoms with Gasteiger partial charge in [-0.05, 0) is 31.0 Å². The van der Waals surface area contributed by atoms with Crippen molar-refractivity contribution in [1.82, 2.24) is 15.5 Å². The van der Waals surface area contributed by atoms with Crippen molar-refractivity contribution in [1.29, 1.82) is 0 Å². The first-order valence-electron chi connectivity index (χ1n) is 15.5. The van der Waals surface area contributed by atoms with Gasteiger partial charge in [0.05, 0.1) is 45.0 Å². The fourth-order valence-electron chi connectivity index (χ4n) is 5.81. The van der Waals surface area contributed by atoms with Crippen LogP contribution in [-0.2, 0) is 24.7 Å². The van der Waals surface area contributed by atoms with Crippen LogP contribution < -0.4 is 27.2 Å². The number of nitrogens with two attached hydrogens (primary N) is 2. The molecule has 0 aromatic heterocycles. The number of nitrogens with one attached hydrogen (secondary N) is 2. The number of allylic oxidation sites excluding steroid dienone is 1. The highest BCUT2D eigenvalue weighted by Crippen LogP contribution is 2.42. The molecular formula is C33H44F3N6O5-. The van der Waals surface area contributed by atoms with Gasteiger partial charge in [-0.25, -0.2) is 4.99 Å². The number of nitrogens with zero attached hydrogens (tertiary/aromatic N) is 2. The second-order valence-electron chi connectivity index (χ2n) is 11.1. The van der Waals surface area contributed by atoms with E-state index < -0.39 is 42.7 Å². The van der Waals surface area contributed by atoms with E-state index in [2.05, 4.69) is 15.6 Å². The van der Waals surface area contributed by atoms with E-state index in [0.717, 1.165) is 0 Å². The average Bonchev–Trinajstić information content (AvgIpc) is 3.03. The predicted molar refractivity (Wildman–Crippen MR) is 170 cm³/mol. The number of aliphatic imine (C=N–C) groups is 1. The third-order valence-corrected chi connectivity index (χ3v) is 7.75. The van der Waals surface area contributed by atoms with Crippen LogP contribution in [-0.4, -0.2) is 87.8 Å². The fourth-order valence-corrected chi connectivity index (χ4v) is 5.81. The minimum absolute atomic E-state index is 0.0367. The van der Waals surface area contributed by atoms with Crippen LogP contribution in [0.1, 0.15) is 42.9 Å². The molecule has 0 amide bonds. The summed E-state index contributed by atoms with van der Waals surface area (Å²) in [6.07, 6.45) is -5.44. The highest BCUT2D eigenvalue weighted by atomic mass is 19.4. The Bertz CT molecular complexity index is 1330. The van der Waals surface area contributed by atoms with Crippen LogP contribution in [0.3, 0.4) is 0 Å². The van der Waals surface area contributed by atoms with Gasteiger partial charge in [-0.1, -0.05) is 60.7 Å². The molecule has 3 atom stereocenters. The van der Waals surface area contributed by atoms with Gasteiger partial charge in [0.25, 0.3) is 0 Å². The molecule has 2 aromatic carbocycles. The molecule has 0 saturated carbocycles. The van der Waals surface area contributed by atoms with Gasteiger partial charge in [-0.2, -0.15) is 13.2 Å². The quantitative estimate of drug-likeness (QED) is 0.114. The zero-order chi connectivity index (χ0) is 34.3. The molecule has 1 aliphatic rings. The van der Waals surface area contributed by atoms with Gasteiger partial charge in [0.2, 0.25) is 0 Å². The maximum Gasteiger partial charge on any atom is 0.392 e. The molecule has 3 unspecified atom stereocenters. The number of ketones is 1. The molecule has 47 heavy (non-hydrogen) atoms. The molecule has 1 heterocycles. The molecule has 258 valence electrons. The van der Waals surface area contributed by atoms with E-state index in [1.165, 1.54) is 13.1 Å². The zero-order valence-electron chi connectivity index (χ0n) is 26.5. The predicted octanol–water partition coefficient (Wildman–Crippen LogP) is 1.75. The lowest BCUT2D eigenvalue weighted by Crippen LogP contribution is -2.63. The topological polar surface area (TPSA) is 167 Å². The number of hydrogen-bond donors (Lipinski definition) is 4. The number of benzene rings is 2. The smallest absolute Gasteiger partial charge is 0.392 e. The molecule has 3 rings (SSSR count). The Morgan fingerprint density at radius 2 is 1.68 bits per heavy atom. The highest BCUT2D eigenvalue weighted by molar-refractivity contribution is 6.07. The lowest BCUT2D eigenvalue weighted by Gasteiger charge is -2.51. The number of carboxylic acid groups (broad SMARTS) is 1. The molecule has 0 radical (unpaired) electrons. The van der Waals surface area contributed by atoms with Crippen molar-refractivity contribution in [3.8, 4) is 0 Å². The summed E-state index contributed by atoms with van der Waals surface area (Å²) in [5.41, 5.74) is 10.6. The molecule has 0 saturated heterocycles. The summed E-state index contributed by atoms with van der Waals surface area (Å²) in [5, 5.41) is 18.3. The number of carboxylic acids is 1. The van der Waals surface area contributed by atoms with Crippen LogP contribution in [0.2, 0.25) is 0 Å². The number of aliphatic carboxylic acids is 1. The molecule has 14 heteroatoms. The van der Waals surface area contributed by atoms with E-state index in [4.69, 9.17) is 20.9 Å². The van der Waals surface area contributed by atoms with E-state index in [1.807, 2.05) is 12.1 Å². The Balaban J connectivity index is 2.17. The Kier molecular flexibility index (Phi) is 15.0. The van der Waals surface area contributed by atoms with E-state index >= 15 is 0 Å². The lowest BCUT2D eigenvalue weighted by molar-refractivity contribution is -0.306. The fraction of sp³-hybridized carbons (Fsp3) is 0.485. The first-order valence-corrected chi connectivity index (χ1v) is 15.5. The number of hydrogen-bond acceptors (Lipinski definition) is 11. The van der Waals surface area contributed by atoms with Crippen LogP contribution in [0.5, 0.6) is 0 Å². The van der Waals surface area contributed by atoms with Gasteiger partial charge in [-0.3, -0.25) is 15.0 Å². The summed E-state index contributed by atoms with van der Waals surface area (Å²) >= 11 is 0. The van der Waals surface area contributed by atoms with Crippen LogP contribution >= 0.6 is 0 Å². The van der Waals surface area contributed by atoms with Crippen molar-refractivity contribution >= 4 is 17.6 Å². The third-order valence-electron chi connectivity index (χ3n) is 7.75. The van der Waals surface area contributed by atoms with Crippen molar-refractivity contribution in [2.45, 2.75) is 49.6 Å². The van der Waals surface area contributed by atoms with Gasteiger partial charge in [0.15, 0.2) is 5.78 Å². The van der Waals surface area contributed by atoms with Gasteiger partial charge in [0, 0.05) is 43.8 Å². The van der Waals surface area contributed by atoms with E-state index in [9.17, 15) is 27.9 Å². The van der Waals surface area contributed by atoms with E-state index in [-0.39, 0.29) is 55.4 Å². The van der Waals surface area contributed by atoms with Crippen LogP contribution in [0, 0.1) is 0 Å². The van der Waals surface area contributed by atoms with Crippen molar-refractivity contribution < 1.29 is 37.3 Å². The molecule has 1 aliphatic heterocycles. The molecule has 0 fully saturated rings. The van der Waals surface area contributed by atoms with Gasteiger partial charge in [0.1, 0.15) is 11.5 Å². The van der Waals surface area contributed by atoms with Gasteiger partial charge in [-0.15, -0.1) is 0 Å². The van der Waals surface area contributed by atoms with Gasteiger partial charge >= 0.3 is 6.18 Å². The molecule has 0 spiro atoms. The minimum Gasteiger partial charge on any atom is -0.550 e. The van der Waals surface area contributed by atoms with Crippen LogP contribution in [0.15, 0.2) is 77.4 Å². The normalized spacial score (nSPS) is 16.3. The molecule has 0 bridgehead atoms. The summed E-state index contributed by atoms with van der Waals surface area (Å²) in [4.78, 5) is 30.3. The van der Waals surface area contributed by atoms with Crippen molar-refractivity contribution in [2.24, 2.45) is 16.5 Å². The number of carbonyl (C=O) groups excluding carboxylic acids is 2. The number of halogens is 3. The lowest BCUT2D eigenvalue weighted by atomic mass is 9.86. The third kappa shape index (κ3) is 11.8. The van der Waals surface area contributed by atoms with Crippen LogP contribution in [0.25, 0.3) is 0 Å². The molecule has 6 N–H and O–H groups in total. The molecule has 2 aromatic rings.